The Morgan fingerprint density at radius 2 is 1.57 bits per heavy atom. The van der Waals surface area contributed by atoms with Gasteiger partial charge in [0.25, 0.3) is 0 Å². The maximum absolute atomic E-state index is 6.03. The van der Waals surface area contributed by atoms with E-state index in [1.165, 1.54) is 7.11 Å². The van der Waals surface area contributed by atoms with E-state index in [9.17, 15) is 0 Å². The van der Waals surface area contributed by atoms with E-state index in [2.05, 4.69) is 49.2 Å². The summed E-state index contributed by atoms with van der Waals surface area (Å²) in [5.74, 6) is 0.900. The number of halogens is 1. The average Bonchev–Trinajstić information content (AvgIpc) is 2.64. The van der Waals surface area contributed by atoms with Crippen LogP contribution in [0, 0.1) is 0 Å². The minimum absolute atomic E-state index is 0.301. The number of rotatable bonds is 3. The molecule has 2 aliphatic heterocycles. The second-order valence-corrected chi connectivity index (χ2v) is 7.02. The molecule has 0 saturated carbocycles. The van der Waals surface area contributed by atoms with Gasteiger partial charge in [-0.25, -0.2) is 0 Å². The third kappa shape index (κ3) is 4.40. The van der Waals surface area contributed by atoms with E-state index in [0.717, 1.165) is 24.3 Å². The molecule has 128 valence electrons. The van der Waals surface area contributed by atoms with Crippen molar-refractivity contribution in [2.24, 2.45) is 0 Å². The molecule has 0 spiro atoms. The van der Waals surface area contributed by atoms with E-state index >= 15 is 0 Å². The van der Waals surface area contributed by atoms with Crippen LogP contribution in [-0.2, 0) is 13.6 Å². The molecule has 0 bridgehead atoms. The summed E-state index contributed by atoms with van der Waals surface area (Å²) in [6.45, 7) is 10.1. The molecule has 0 radical (unpaired) electrons. The van der Waals surface area contributed by atoms with Gasteiger partial charge in [0.1, 0.15) is 11.9 Å². The second kappa shape index (κ2) is 7.41. The number of hydrogen-bond acceptors (Lipinski definition) is 5. The van der Waals surface area contributed by atoms with Gasteiger partial charge in [-0.1, -0.05) is 12.1 Å². The number of ether oxygens (including phenoxy) is 1. The zero-order valence-electron chi connectivity index (χ0n) is 14.4. The standard InChI is InChI=1S/C15H22BNO3.CH3ClO/c1-14(2)15(3,4)20-16(19-14)11-5-7-12(8-6-11)18-13-9-17-10-13;1-3-2/h5-8,13,17H,9-10H2,1-4H3;1H3. The summed E-state index contributed by atoms with van der Waals surface area (Å²) < 4.78 is 21.6. The monoisotopic (exact) mass is 341 g/mol. The summed E-state index contributed by atoms with van der Waals surface area (Å²) in [7, 11) is 1.08. The van der Waals surface area contributed by atoms with Crippen LogP contribution in [0.25, 0.3) is 0 Å². The molecule has 1 N–H and O–H groups in total. The normalized spacial score (nSPS) is 22.1. The van der Waals surface area contributed by atoms with E-state index in [0.29, 0.717) is 6.10 Å². The van der Waals surface area contributed by atoms with Crippen molar-refractivity contribution in [1.82, 2.24) is 5.32 Å². The molecule has 0 atom stereocenters. The molecule has 0 unspecified atom stereocenters. The average molecular weight is 342 g/mol. The van der Waals surface area contributed by atoms with Crippen LogP contribution in [-0.4, -0.2) is 44.6 Å². The predicted octanol–water partition coefficient (Wildman–Crippen LogP) is 2.12. The van der Waals surface area contributed by atoms with Gasteiger partial charge in [-0.05, 0) is 45.3 Å². The van der Waals surface area contributed by atoms with E-state index in [1.807, 2.05) is 24.3 Å². The Hall–Kier alpha value is -0.785. The molecule has 2 aliphatic rings. The van der Waals surface area contributed by atoms with Gasteiger partial charge in [0, 0.05) is 13.1 Å². The number of benzene rings is 1. The Balaban J connectivity index is 0.000000595. The van der Waals surface area contributed by atoms with Crippen LogP contribution < -0.4 is 15.5 Å². The van der Waals surface area contributed by atoms with Crippen molar-refractivity contribution in [3.63, 3.8) is 0 Å². The van der Waals surface area contributed by atoms with Crippen LogP contribution in [0.1, 0.15) is 27.7 Å². The van der Waals surface area contributed by atoms with Crippen LogP contribution in [0.3, 0.4) is 0 Å². The fourth-order valence-corrected chi connectivity index (χ4v) is 2.22. The van der Waals surface area contributed by atoms with Crippen molar-refractivity contribution in [3.05, 3.63) is 24.3 Å². The van der Waals surface area contributed by atoms with Gasteiger partial charge in [-0.3, -0.25) is 4.29 Å². The van der Waals surface area contributed by atoms with Gasteiger partial charge in [-0.2, -0.15) is 0 Å². The molecule has 2 heterocycles. The van der Waals surface area contributed by atoms with Crippen molar-refractivity contribution in [2.45, 2.75) is 45.0 Å². The van der Waals surface area contributed by atoms with Crippen LogP contribution in [0.5, 0.6) is 5.75 Å². The summed E-state index contributed by atoms with van der Waals surface area (Å²) in [5.41, 5.74) is 0.428. The minimum atomic E-state index is -0.306. The highest BCUT2D eigenvalue weighted by Gasteiger charge is 2.51. The first-order valence-electron chi connectivity index (χ1n) is 7.77. The van der Waals surface area contributed by atoms with E-state index in [1.54, 1.807) is 0 Å². The Bertz CT molecular complexity index is 489. The van der Waals surface area contributed by atoms with Gasteiger partial charge >= 0.3 is 7.12 Å². The molecule has 1 aromatic rings. The summed E-state index contributed by atoms with van der Waals surface area (Å²) in [6.07, 6.45) is 0.303. The fourth-order valence-electron chi connectivity index (χ4n) is 2.22. The van der Waals surface area contributed by atoms with E-state index in [-0.39, 0.29) is 18.3 Å². The highest BCUT2D eigenvalue weighted by molar-refractivity contribution is 6.62. The van der Waals surface area contributed by atoms with Crippen molar-refractivity contribution in [3.8, 4) is 5.75 Å². The number of hydrogen-bond donors (Lipinski definition) is 1. The van der Waals surface area contributed by atoms with Crippen LogP contribution in [0.15, 0.2) is 24.3 Å². The molecule has 0 aromatic heterocycles. The van der Waals surface area contributed by atoms with Crippen molar-refractivity contribution >= 4 is 24.4 Å². The quantitative estimate of drug-likeness (QED) is 0.854. The molecule has 7 heteroatoms. The van der Waals surface area contributed by atoms with Gasteiger partial charge in [-0.15, -0.1) is 0 Å². The SMILES string of the molecule is CC1(C)OB(c2ccc(OC3CNC3)cc2)OC1(C)C.COCl. The zero-order chi connectivity index (χ0) is 17.1. The maximum Gasteiger partial charge on any atom is 0.494 e. The Labute approximate surface area is 143 Å². The van der Waals surface area contributed by atoms with Gasteiger partial charge < -0.3 is 19.4 Å². The molecule has 2 fully saturated rings. The summed E-state index contributed by atoms with van der Waals surface area (Å²) in [5, 5.41) is 3.19. The lowest BCUT2D eigenvalue weighted by atomic mass is 9.79. The Morgan fingerprint density at radius 1 is 1.09 bits per heavy atom. The molecule has 5 nitrogen and oxygen atoms in total. The van der Waals surface area contributed by atoms with Gasteiger partial charge in [0.05, 0.1) is 30.2 Å². The lowest BCUT2D eigenvalue weighted by Gasteiger charge is -2.32. The Kier molecular flexibility index (Phi) is 5.97. The smallest absolute Gasteiger partial charge is 0.488 e. The first kappa shape index (κ1) is 18.6. The van der Waals surface area contributed by atoms with E-state index < -0.39 is 0 Å². The van der Waals surface area contributed by atoms with Gasteiger partial charge in [0.2, 0.25) is 0 Å². The molecular weight excluding hydrogens is 316 g/mol. The summed E-state index contributed by atoms with van der Waals surface area (Å²) >= 11 is 4.50. The molecule has 0 amide bonds. The molecule has 2 saturated heterocycles. The van der Waals surface area contributed by atoms with Crippen LogP contribution in [0.2, 0.25) is 0 Å². The minimum Gasteiger partial charge on any atom is -0.488 e. The molecule has 1 aromatic carbocycles. The Morgan fingerprint density at radius 3 is 1.96 bits per heavy atom. The van der Waals surface area contributed by atoms with Crippen molar-refractivity contribution in [1.29, 1.82) is 0 Å². The lowest BCUT2D eigenvalue weighted by molar-refractivity contribution is 0.00578. The topological polar surface area (TPSA) is 49.0 Å². The third-order valence-corrected chi connectivity index (χ3v) is 4.45. The van der Waals surface area contributed by atoms with Crippen molar-refractivity contribution < 1.29 is 18.3 Å². The zero-order valence-corrected chi connectivity index (χ0v) is 15.1. The van der Waals surface area contributed by atoms with Crippen LogP contribution in [0.4, 0.5) is 0 Å². The lowest BCUT2D eigenvalue weighted by Crippen LogP contribution is -2.50. The molecule has 3 rings (SSSR count). The van der Waals surface area contributed by atoms with E-state index in [4.69, 9.17) is 14.0 Å². The summed E-state index contributed by atoms with van der Waals surface area (Å²) in [4.78, 5) is 0. The maximum atomic E-state index is 6.03. The second-order valence-electron chi connectivity index (χ2n) is 6.71. The predicted molar refractivity (Wildman–Crippen MR) is 92.3 cm³/mol. The highest BCUT2D eigenvalue weighted by atomic mass is 35.5. The van der Waals surface area contributed by atoms with Crippen molar-refractivity contribution in [2.75, 3.05) is 20.2 Å². The molecule has 23 heavy (non-hydrogen) atoms. The highest BCUT2D eigenvalue weighted by Crippen LogP contribution is 2.36. The van der Waals surface area contributed by atoms with Crippen LogP contribution >= 0.6 is 11.9 Å². The largest absolute Gasteiger partial charge is 0.494 e. The molecule has 0 aliphatic carbocycles. The fraction of sp³-hybridized carbons (Fsp3) is 0.625. The number of nitrogens with one attached hydrogen (secondary N) is 1. The molecular formula is C16H25BClNO4. The van der Waals surface area contributed by atoms with Gasteiger partial charge in [0.15, 0.2) is 0 Å². The summed E-state index contributed by atoms with van der Waals surface area (Å²) in [6, 6.07) is 8.00. The first-order chi connectivity index (χ1) is 10.8. The third-order valence-electron chi connectivity index (χ3n) is 4.45. The first-order valence-corrected chi connectivity index (χ1v) is 8.07.